The van der Waals surface area contributed by atoms with Crippen molar-refractivity contribution < 1.29 is 47.9 Å². The van der Waals surface area contributed by atoms with Gasteiger partial charge in [-0.05, 0) is 77.9 Å². The highest BCUT2D eigenvalue weighted by molar-refractivity contribution is 6.18. The number of hydrogen-bond acceptors (Lipinski definition) is 14. The highest BCUT2D eigenvalue weighted by Crippen LogP contribution is 2.33. The van der Waals surface area contributed by atoms with Crippen molar-refractivity contribution >= 4 is 85.6 Å². The molecule has 0 saturated carbocycles. The molecule has 6 aromatic rings. The first-order chi connectivity index (χ1) is 36.1. The summed E-state index contributed by atoms with van der Waals surface area (Å²) in [4.78, 5) is 30.9. The highest BCUT2D eigenvalue weighted by Gasteiger charge is 2.20. The van der Waals surface area contributed by atoms with Crippen molar-refractivity contribution in [3.63, 3.8) is 0 Å². The molecular formula is C58H78Cl2N6O10. The van der Waals surface area contributed by atoms with Crippen LogP contribution < -0.4 is 25.8 Å². The molecular weight excluding hydrogens is 1010 g/mol. The molecule has 3 fully saturated rings. The lowest BCUT2D eigenvalue weighted by Gasteiger charge is -2.26. The molecule has 6 aromatic carbocycles. The van der Waals surface area contributed by atoms with Crippen molar-refractivity contribution in [1.29, 1.82) is 0 Å². The molecule has 0 unspecified atom stereocenters. The minimum Gasteiger partial charge on any atom is -0.507 e. The number of nitrogens with zero attached hydrogens (tertiary/aromatic N) is 3. The number of fused-ring (bicyclic) bond motifs is 3. The number of alkyl halides is 1. The Bertz CT molecular complexity index is 2720. The van der Waals surface area contributed by atoms with Crippen LogP contribution in [-0.2, 0) is 23.7 Å². The SMILES string of the molecule is CC(C)(C)OC(=O)Nc1ccc(O)c2ccccc12.CC(C)(C)OC(=O)Nc1ccc(OCCN2CCOCC2)c2ccccc12.Cl.ClCCN1CCOCC1.Nc1ccc(OCCN2CCOCC2)c2ccccc12. The van der Waals surface area contributed by atoms with Crippen molar-refractivity contribution in [3.05, 3.63) is 109 Å². The fourth-order valence-corrected chi connectivity index (χ4v) is 8.55. The highest BCUT2D eigenvalue weighted by atomic mass is 35.5. The normalized spacial score (nSPS) is 15.3. The lowest BCUT2D eigenvalue weighted by molar-refractivity contribution is 0.0322. The molecule has 9 rings (SSSR count). The fourth-order valence-electron chi connectivity index (χ4n) is 8.31. The molecule has 3 aliphatic rings. The van der Waals surface area contributed by atoms with Crippen LogP contribution in [0.3, 0.4) is 0 Å². The van der Waals surface area contributed by atoms with E-state index in [2.05, 4.69) is 31.4 Å². The average Bonchev–Trinajstić information content (AvgIpc) is 3.40. The first kappa shape index (κ1) is 61.0. The number of halogens is 2. The smallest absolute Gasteiger partial charge is 0.412 e. The third-order valence-corrected chi connectivity index (χ3v) is 12.2. The second kappa shape index (κ2) is 30.8. The Kier molecular flexibility index (Phi) is 24.7. The molecule has 0 spiro atoms. The molecule has 0 bridgehead atoms. The Morgan fingerprint density at radius 2 is 0.882 bits per heavy atom. The molecule has 0 aromatic heterocycles. The number of carbonyl (C=O) groups is 2. The Hall–Kier alpha value is -5.82. The van der Waals surface area contributed by atoms with Gasteiger partial charge in [-0.25, -0.2) is 9.59 Å². The van der Waals surface area contributed by atoms with E-state index in [0.717, 1.165) is 149 Å². The molecule has 0 atom stereocenters. The number of carbonyl (C=O) groups excluding carboxylic acids is 2. The van der Waals surface area contributed by atoms with E-state index in [4.69, 9.17) is 50.5 Å². The number of morpholine rings is 3. The summed E-state index contributed by atoms with van der Waals surface area (Å²) in [6.07, 6.45) is -0.975. The number of hydrogen-bond donors (Lipinski definition) is 4. The summed E-state index contributed by atoms with van der Waals surface area (Å²) in [7, 11) is 0. The number of phenolic OH excluding ortho intramolecular Hbond substituents is 1. The van der Waals surface area contributed by atoms with Crippen LogP contribution in [0.4, 0.5) is 26.7 Å². The van der Waals surface area contributed by atoms with Gasteiger partial charge in [0.25, 0.3) is 0 Å². The number of rotatable bonds is 12. The van der Waals surface area contributed by atoms with Crippen LogP contribution in [0.15, 0.2) is 109 Å². The number of nitrogens with two attached hydrogens (primary N) is 1. The van der Waals surface area contributed by atoms with E-state index < -0.39 is 23.4 Å². The summed E-state index contributed by atoms with van der Waals surface area (Å²) < 4.78 is 38.4. The van der Waals surface area contributed by atoms with E-state index in [9.17, 15) is 14.7 Å². The molecule has 5 N–H and O–H groups in total. The minimum absolute atomic E-state index is 0. The summed E-state index contributed by atoms with van der Waals surface area (Å²) in [5.74, 6) is 2.64. The van der Waals surface area contributed by atoms with Gasteiger partial charge in [0.1, 0.15) is 41.7 Å². The standard InChI is InChI=1S/C21H28N2O4.C16H20N2O2.C15H17NO3.C6H12ClNO.ClH/c1-21(2,3)27-20(24)22-18-8-9-19(17-7-5-4-6-16(17)18)26-15-12-23-10-13-25-14-11-23;17-15-5-6-16(14-4-2-1-3-13(14)15)20-12-9-18-7-10-19-11-8-18;1-15(2,3)19-14(18)16-12-8-9-13(17)11-7-5-4-6-10(11)12;7-1-2-8-3-5-9-6-4-8;/h4-9H,10-15H2,1-3H3,(H,22,24);1-6H,7-12,17H2;4-9,17H,1-3H3,(H,16,18);1-6H2;1H. The third kappa shape index (κ3) is 20.3. The molecule has 3 aliphatic heterocycles. The Labute approximate surface area is 459 Å². The zero-order chi connectivity index (χ0) is 53.6. The zero-order valence-electron chi connectivity index (χ0n) is 44.9. The number of aromatic hydroxyl groups is 1. The molecule has 0 radical (unpaired) electrons. The number of ether oxygens (including phenoxy) is 7. The largest absolute Gasteiger partial charge is 0.507 e. The van der Waals surface area contributed by atoms with E-state index in [0.29, 0.717) is 30.0 Å². The van der Waals surface area contributed by atoms with Crippen LogP contribution in [0, 0.1) is 0 Å². The van der Waals surface area contributed by atoms with E-state index in [1.54, 1.807) is 18.2 Å². The van der Waals surface area contributed by atoms with E-state index in [-0.39, 0.29) is 18.2 Å². The molecule has 3 saturated heterocycles. The third-order valence-electron chi connectivity index (χ3n) is 12.0. The predicted octanol–water partition coefficient (Wildman–Crippen LogP) is 10.9. The quantitative estimate of drug-likeness (QED) is 0.0517. The van der Waals surface area contributed by atoms with Gasteiger partial charge in [-0.1, -0.05) is 72.8 Å². The molecule has 3 heterocycles. The topological polar surface area (TPSA) is 179 Å². The molecule has 0 aliphatic carbocycles. The number of amides is 2. The average molecular weight is 1090 g/mol. The van der Waals surface area contributed by atoms with Gasteiger partial charge in [0, 0.05) is 103 Å². The van der Waals surface area contributed by atoms with Crippen molar-refractivity contribution in [2.75, 3.05) is 134 Å². The van der Waals surface area contributed by atoms with Gasteiger partial charge >= 0.3 is 12.2 Å². The maximum Gasteiger partial charge on any atom is 0.412 e. The van der Waals surface area contributed by atoms with E-state index in [1.807, 2.05) is 126 Å². The first-order valence-corrected chi connectivity index (χ1v) is 26.3. The van der Waals surface area contributed by atoms with Gasteiger partial charge in [-0.15, -0.1) is 24.0 Å². The van der Waals surface area contributed by atoms with Gasteiger partial charge in [0.15, 0.2) is 0 Å². The van der Waals surface area contributed by atoms with Crippen molar-refractivity contribution in [1.82, 2.24) is 14.7 Å². The van der Waals surface area contributed by atoms with Gasteiger partial charge in [0.2, 0.25) is 0 Å². The van der Waals surface area contributed by atoms with E-state index >= 15 is 0 Å². The summed E-state index contributed by atoms with van der Waals surface area (Å²) in [5.41, 5.74) is 7.02. The Morgan fingerprint density at radius 3 is 1.32 bits per heavy atom. The second-order valence-electron chi connectivity index (χ2n) is 20.0. The summed E-state index contributed by atoms with van der Waals surface area (Å²) >= 11 is 5.55. The van der Waals surface area contributed by atoms with Gasteiger partial charge in [-0.3, -0.25) is 25.3 Å². The lowest BCUT2D eigenvalue weighted by Crippen LogP contribution is -2.38. The lowest BCUT2D eigenvalue weighted by atomic mass is 10.1. The molecule has 2 amide bonds. The van der Waals surface area contributed by atoms with Gasteiger partial charge < -0.3 is 44.0 Å². The number of phenols is 1. The maximum atomic E-state index is 12.1. The molecule has 414 valence electrons. The van der Waals surface area contributed by atoms with Crippen molar-refractivity contribution in [3.8, 4) is 17.2 Å². The first-order valence-electron chi connectivity index (χ1n) is 25.8. The minimum atomic E-state index is -0.545. The number of nitrogen functional groups attached to an aromatic ring is 1. The van der Waals surface area contributed by atoms with Crippen LogP contribution in [0.1, 0.15) is 41.5 Å². The molecule has 16 nitrogen and oxygen atoms in total. The monoisotopic (exact) mass is 1090 g/mol. The Balaban J connectivity index is 0.000000196. The maximum absolute atomic E-state index is 12.1. The second-order valence-corrected chi connectivity index (χ2v) is 20.4. The zero-order valence-corrected chi connectivity index (χ0v) is 46.5. The van der Waals surface area contributed by atoms with Crippen LogP contribution in [0.2, 0.25) is 0 Å². The van der Waals surface area contributed by atoms with Crippen molar-refractivity contribution in [2.45, 2.75) is 52.7 Å². The van der Waals surface area contributed by atoms with Crippen LogP contribution in [0.5, 0.6) is 17.2 Å². The predicted molar refractivity (Wildman–Crippen MR) is 308 cm³/mol. The molecule has 76 heavy (non-hydrogen) atoms. The van der Waals surface area contributed by atoms with Crippen LogP contribution >= 0.6 is 24.0 Å². The van der Waals surface area contributed by atoms with Gasteiger partial charge in [-0.2, -0.15) is 0 Å². The summed E-state index contributed by atoms with van der Waals surface area (Å²) in [5, 5.41) is 20.8. The number of nitrogens with one attached hydrogen (secondary N) is 2. The summed E-state index contributed by atoms with van der Waals surface area (Å²) in [6, 6.07) is 34.1. The number of anilines is 3. The van der Waals surface area contributed by atoms with Crippen LogP contribution in [0.25, 0.3) is 32.3 Å². The van der Waals surface area contributed by atoms with Crippen molar-refractivity contribution in [2.24, 2.45) is 0 Å². The molecule has 18 heteroatoms. The number of benzene rings is 6. The summed E-state index contributed by atoms with van der Waals surface area (Å²) in [6.45, 7) is 26.0. The Morgan fingerprint density at radius 1 is 0.526 bits per heavy atom. The fraction of sp³-hybridized carbons (Fsp3) is 0.448. The van der Waals surface area contributed by atoms with E-state index in [1.165, 1.54) is 0 Å². The van der Waals surface area contributed by atoms with Crippen LogP contribution in [-0.4, -0.2) is 161 Å². The van der Waals surface area contributed by atoms with Gasteiger partial charge in [0.05, 0.1) is 51.0 Å².